The Morgan fingerprint density at radius 2 is 2.00 bits per heavy atom. The molecule has 0 bridgehead atoms. The molecule has 32 heavy (non-hydrogen) atoms. The minimum Gasteiger partial charge on any atom is -0.504 e. The van der Waals surface area contributed by atoms with Gasteiger partial charge in [0, 0.05) is 0 Å². The van der Waals surface area contributed by atoms with Crippen LogP contribution in [0.1, 0.15) is 23.0 Å². The summed E-state index contributed by atoms with van der Waals surface area (Å²) in [5.74, 6) is 0.618. The average molecular weight is 430 g/mol. The SMILES string of the molecule is CCOc1cc(/C=N/NC(=O)c2cc(-c3c(OC)ccc4ccccc34)n[nH]2)ccc1O. The van der Waals surface area contributed by atoms with Crippen LogP contribution in [0.25, 0.3) is 22.0 Å². The van der Waals surface area contributed by atoms with Gasteiger partial charge in [0.15, 0.2) is 11.5 Å². The number of aromatic hydroxyl groups is 1. The van der Waals surface area contributed by atoms with Gasteiger partial charge in [0.05, 0.1) is 31.2 Å². The van der Waals surface area contributed by atoms with Gasteiger partial charge in [-0.15, -0.1) is 0 Å². The molecule has 1 amide bonds. The van der Waals surface area contributed by atoms with E-state index in [1.807, 2.05) is 43.3 Å². The predicted molar refractivity (Wildman–Crippen MR) is 122 cm³/mol. The van der Waals surface area contributed by atoms with E-state index in [0.717, 1.165) is 16.3 Å². The number of fused-ring (bicyclic) bond motifs is 1. The molecule has 0 unspecified atom stereocenters. The second-order valence-corrected chi connectivity index (χ2v) is 6.89. The van der Waals surface area contributed by atoms with Crippen LogP contribution in [-0.4, -0.2) is 41.1 Å². The number of rotatable bonds is 7. The lowest BCUT2D eigenvalue weighted by atomic mass is 10.0. The molecule has 0 atom stereocenters. The number of methoxy groups -OCH3 is 1. The van der Waals surface area contributed by atoms with Gasteiger partial charge in [-0.2, -0.15) is 10.2 Å². The van der Waals surface area contributed by atoms with Crippen LogP contribution < -0.4 is 14.9 Å². The number of aromatic amines is 1. The molecular weight excluding hydrogens is 408 g/mol. The number of nitrogens with one attached hydrogen (secondary N) is 2. The van der Waals surface area contributed by atoms with Crippen LogP contribution in [0.3, 0.4) is 0 Å². The third-order valence-electron chi connectivity index (χ3n) is 4.85. The van der Waals surface area contributed by atoms with Gasteiger partial charge in [-0.25, -0.2) is 5.43 Å². The van der Waals surface area contributed by atoms with E-state index in [0.29, 0.717) is 29.4 Å². The molecule has 4 rings (SSSR count). The Morgan fingerprint density at radius 3 is 2.81 bits per heavy atom. The van der Waals surface area contributed by atoms with E-state index in [1.54, 1.807) is 25.3 Å². The van der Waals surface area contributed by atoms with Gasteiger partial charge in [-0.1, -0.05) is 30.3 Å². The number of phenolic OH excluding ortho intramolecular Hbond substituents is 1. The lowest BCUT2D eigenvalue weighted by Gasteiger charge is -2.09. The molecule has 0 aliphatic carbocycles. The quantitative estimate of drug-likeness (QED) is 0.302. The first-order valence-electron chi connectivity index (χ1n) is 10.0. The lowest BCUT2D eigenvalue weighted by Crippen LogP contribution is -2.18. The second kappa shape index (κ2) is 9.22. The summed E-state index contributed by atoms with van der Waals surface area (Å²) in [6.07, 6.45) is 1.46. The van der Waals surface area contributed by atoms with Gasteiger partial charge < -0.3 is 14.6 Å². The molecule has 3 N–H and O–H groups in total. The number of amides is 1. The number of ether oxygens (including phenoxy) is 2. The van der Waals surface area contributed by atoms with Crippen LogP contribution >= 0.6 is 0 Å². The Balaban J connectivity index is 1.54. The number of hydrazone groups is 1. The Kier molecular flexibility index (Phi) is 6.03. The van der Waals surface area contributed by atoms with Gasteiger partial charge in [0.2, 0.25) is 0 Å². The largest absolute Gasteiger partial charge is 0.504 e. The smallest absolute Gasteiger partial charge is 0.289 e. The van der Waals surface area contributed by atoms with Crippen molar-refractivity contribution in [1.82, 2.24) is 15.6 Å². The number of nitrogens with zero attached hydrogens (tertiary/aromatic N) is 2. The standard InChI is InChI=1S/C24H22N4O4/c1-3-32-22-12-15(8-10-20(22)29)14-25-28-24(30)19-13-18(26-27-19)23-17-7-5-4-6-16(17)9-11-21(23)31-2/h4-14,29H,3H2,1-2H3,(H,26,27)(H,28,30)/b25-14+. The van der Waals surface area contributed by atoms with Crippen molar-refractivity contribution in [3.63, 3.8) is 0 Å². The number of hydrogen-bond acceptors (Lipinski definition) is 6. The van der Waals surface area contributed by atoms with E-state index in [-0.39, 0.29) is 11.4 Å². The minimum atomic E-state index is -0.442. The third kappa shape index (κ3) is 4.24. The number of carbonyl (C=O) groups is 1. The number of H-pyrrole nitrogens is 1. The van der Waals surface area contributed by atoms with E-state index in [1.165, 1.54) is 12.3 Å². The summed E-state index contributed by atoms with van der Waals surface area (Å²) in [6.45, 7) is 2.25. The topological polar surface area (TPSA) is 109 Å². The van der Waals surface area contributed by atoms with Crippen molar-refractivity contribution in [2.75, 3.05) is 13.7 Å². The number of hydrogen-bond donors (Lipinski definition) is 3. The zero-order chi connectivity index (χ0) is 22.5. The molecule has 0 aliphatic rings. The molecule has 0 fully saturated rings. The molecule has 1 heterocycles. The van der Waals surface area contributed by atoms with Crippen LogP contribution in [0.15, 0.2) is 65.8 Å². The predicted octanol–water partition coefficient (Wildman–Crippen LogP) is 4.11. The maximum atomic E-state index is 12.5. The fraction of sp³-hybridized carbons (Fsp3) is 0.125. The highest BCUT2D eigenvalue weighted by molar-refractivity contribution is 6.00. The summed E-state index contributed by atoms with van der Waals surface area (Å²) >= 11 is 0. The highest BCUT2D eigenvalue weighted by atomic mass is 16.5. The molecule has 162 valence electrons. The lowest BCUT2D eigenvalue weighted by molar-refractivity contribution is 0.0950. The van der Waals surface area contributed by atoms with Crippen molar-refractivity contribution < 1.29 is 19.4 Å². The van der Waals surface area contributed by atoms with Gasteiger partial charge in [0.25, 0.3) is 5.91 Å². The molecule has 0 saturated carbocycles. The zero-order valence-corrected chi connectivity index (χ0v) is 17.6. The van der Waals surface area contributed by atoms with Crippen LogP contribution in [0.4, 0.5) is 0 Å². The fourth-order valence-electron chi connectivity index (χ4n) is 3.36. The molecular formula is C24H22N4O4. The Morgan fingerprint density at radius 1 is 1.16 bits per heavy atom. The average Bonchev–Trinajstić information content (AvgIpc) is 3.30. The molecule has 3 aromatic carbocycles. The van der Waals surface area contributed by atoms with Gasteiger partial charge in [0.1, 0.15) is 11.4 Å². The summed E-state index contributed by atoms with van der Waals surface area (Å²) in [5.41, 5.74) is 4.78. The number of benzene rings is 3. The summed E-state index contributed by atoms with van der Waals surface area (Å²) < 4.78 is 10.9. The van der Waals surface area contributed by atoms with E-state index in [9.17, 15) is 9.90 Å². The van der Waals surface area contributed by atoms with Crippen molar-refractivity contribution in [2.24, 2.45) is 5.10 Å². The monoisotopic (exact) mass is 430 g/mol. The zero-order valence-electron chi connectivity index (χ0n) is 17.6. The minimum absolute atomic E-state index is 0.0434. The van der Waals surface area contributed by atoms with Crippen molar-refractivity contribution in [1.29, 1.82) is 0 Å². The summed E-state index contributed by atoms with van der Waals surface area (Å²) in [5, 5.41) is 22.8. The molecule has 4 aromatic rings. The molecule has 0 aliphatic heterocycles. The first-order chi connectivity index (χ1) is 15.6. The molecule has 8 nitrogen and oxygen atoms in total. The molecule has 8 heteroatoms. The van der Waals surface area contributed by atoms with Crippen molar-refractivity contribution in [3.8, 4) is 28.5 Å². The Labute approximate surface area is 184 Å². The number of aromatic nitrogens is 2. The molecule has 0 spiro atoms. The maximum Gasteiger partial charge on any atom is 0.289 e. The van der Waals surface area contributed by atoms with E-state index < -0.39 is 5.91 Å². The van der Waals surface area contributed by atoms with Crippen molar-refractivity contribution in [3.05, 3.63) is 71.9 Å². The Bertz CT molecular complexity index is 1300. The van der Waals surface area contributed by atoms with E-state index in [4.69, 9.17) is 9.47 Å². The molecule has 1 aromatic heterocycles. The van der Waals surface area contributed by atoms with Crippen molar-refractivity contribution >= 4 is 22.9 Å². The van der Waals surface area contributed by atoms with Gasteiger partial charge in [-0.05, 0) is 53.6 Å². The first kappa shape index (κ1) is 20.9. The van der Waals surface area contributed by atoms with Crippen LogP contribution in [0.5, 0.6) is 17.2 Å². The summed E-state index contributed by atoms with van der Waals surface area (Å²) in [4.78, 5) is 12.5. The molecule has 0 radical (unpaired) electrons. The highest BCUT2D eigenvalue weighted by Gasteiger charge is 2.16. The maximum absolute atomic E-state index is 12.5. The Hall–Kier alpha value is -4.33. The van der Waals surface area contributed by atoms with Crippen LogP contribution in [-0.2, 0) is 0 Å². The molecule has 0 saturated heterocycles. The van der Waals surface area contributed by atoms with Gasteiger partial charge >= 0.3 is 0 Å². The normalized spacial score (nSPS) is 11.1. The van der Waals surface area contributed by atoms with Crippen molar-refractivity contribution in [2.45, 2.75) is 6.92 Å². The van der Waals surface area contributed by atoms with E-state index in [2.05, 4.69) is 20.7 Å². The van der Waals surface area contributed by atoms with Gasteiger partial charge in [-0.3, -0.25) is 9.89 Å². The summed E-state index contributed by atoms with van der Waals surface area (Å²) in [6, 6.07) is 18.2. The third-order valence-corrected chi connectivity index (χ3v) is 4.85. The fourth-order valence-corrected chi connectivity index (χ4v) is 3.36. The number of carbonyl (C=O) groups excluding carboxylic acids is 1. The van der Waals surface area contributed by atoms with Crippen LogP contribution in [0.2, 0.25) is 0 Å². The van der Waals surface area contributed by atoms with E-state index >= 15 is 0 Å². The second-order valence-electron chi connectivity index (χ2n) is 6.89. The summed E-state index contributed by atoms with van der Waals surface area (Å²) in [7, 11) is 1.60. The van der Waals surface area contributed by atoms with Crippen LogP contribution in [0, 0.1) is 0 Å². The first-order valence-corrected chi connectivity index (χ1v) is 10.0. The number of phenols is 1. The highest BCUT2D eigenvalue weighted by Crippen LogP contribution is 2.36.